The lowest BCUT2D eigenvalue weighted by atomic mass is 10.1. The van der Waals surface area contributed by atoms with Gasteiger partial charge in [-0.05, 0) is 42.8 Å². The van der Waals surface area contributed by atoms with Crippen LogP contribution in [-0.2, 0) is 4.79 Å². The van der Waals surface area contributed by atoms with Gasteiger partial charge >= 0.3 is 0 Å². The van der Waals surface area contributed by atoms with Crippen LogP contribution in [0.2, 0.25) is 0 Å². The maximum atomic E-state index is 14.0. The molecule has 1 aliphatic rings. The molecule has 2 aromatic carbocycles. The number of aromatic nitrogens is 2. The number of para-hydroxylation sites is 1. The van der Waals surface area contributed by atoms with Crippen molar-refractivity contribution in [2.24, 2.45) is 0 Å². The van der Waals surface area contributed by atoms with Gasteiger partial charge in [0.2, 0.25) is 17.6 Å². The van der Waals surface area contributed by atoms with Gasteiger partial charge in [-0.15, -0.1) is 0 Å². The Kier molecular flexibility index (Phi) is 5.55. The zero-order valence-electron chi connectivity index (χ0n) is 16.2. The van der Waals surface area contributed by atoms with Gasteiger partial charge in [0, 0.05) is 18.5 Å². The fourth-order valence-electron chi connectivity index (χ4n) is 3.33. The van der Waals surface area contributed by atoms with Gasteiger partial charge < -0.3 is 14.2 Å². The SMILES string of the molecule is CCCCOc1ccc(-c2noc(C3CC(=O)N(c4ccccc4F)C3)n2)cc1. The molecule has 1 unspecified atom stereocenters. The van der Waals surface area contributed by atoms with E-state index in [1.165, 1.54) is 11.0 Å². The molecule has 1 aromatic heterocycles. The molecule has 4 rings (SSSR count). The van der Waals surface area contributed by atoms with Crippen molar-refractivity contribution in [3.63, 3.8) is 0 Å². The second kappa shape index (κ2) is 8.43. The lowest BCUT2D eigenvalue weighted by Gasteiger charge is -2.16. The molecule has 2 heterocycles. The number of rotatable bonds is 7. The largest absolute Gasteiger partial charge is 0.494 e. The zero-order chi connectivity index (χ0) is 20.2. The molecule has 0 N–H and O–H groups in total. The summed E-state index contributed by atoms with van der Waals surface area (Å²) in [6.07, 6.45) is 2.31. The van der Waals surface area contributed by atoms with Gasteiger partial charge in [-0.2, -0.15) is 4.98 Å². The average molecular weight is 395 g/mol. The van der Waals surface area contributed by atoms with Crippen LogP contribution in [0.4, 0.5) is 10.1 Å². The predicted molar refractivity (Wildman–Crippen MR) is 106 cm³/mol. The first-order valence-corrected chi connectivity index (χ1v) is 9.77. The number of unbranched alkanes of at least 4 members (excludes halogenated alkanes) is 1. The topological polar surface area (TPSA) is 68.5 Å². The average Bonchev–Trinajstić information content (AvgIpc) is 3.36. The van der Waals surface area contributed by atoms with E-state index < -0.39 is 5.82 Å². The molecule has 0 aliphatic carbocycles. The van der Waals surface area contributed by atoms with Crippen LogP contribution in [0.3, 0.4) is 0 Å². The molecule has 0 saturated carbocycles. The fraction of sp³-hybridized carbons (Fsp3) is 0.318. The number of carbonyl (C=O) groups excluding carboxylic acids is 1. The van der Waals surface area contributed by atoms with E-state index in [1.807, 2.05) is 24.3 Å². The van der Waals surface area contributed by atoms with Crippen LogP contribution in [0.1, 0.15) is 38.0 Å². The predicted octanol–water partition coefficient (Wildman–Crippen LogP) is 4.58. The number of anilines is 1. The molecule has 29 heavy (non-hydrogen) atoms. The highest BCUT2D eigenvalue weighted by Gasteiger charge is 2.36. The second-order valence-electron chi connectivity index (χ2n) is 7.04. The molecule has 7 heteroatoms. The first kappa shape index (κ1) is 19.1. The molecule has 1 amide bonds. The third-order valence-electron chi connectivity index (χ3n) is 4.94. The summed E-state index contributed by atoms with van der Waals surface area (Å²) in [6, 6.07) is 13.7. The highest BCUT2D eigenvalue weighted by molar-refractivity contribution is 5.96. The van der Waals surface area contributed by atoms with E-state index in [2.05, 4.69) is 17.1 Å². The van der Waals surface area contributed by atoms with Crippen molar-refractivity contribution < 1.29 is 18.4 Å². The first-order valence-electron chi connectivity index (χ1n) is 9.77. The van der Waals surface area contributed by atoms with E-state index in [0.29, 0.717) is 24.9 Å². The van der Waals surface area contributed by atoms with Gasteiger partial charge in [-0.1, -0.05) is 30.6 Å². The van der Waals surface area contributed by atoms with Crippen LogP contribution >= 0.6 is 0 Å². The summed E-state index contributed by atoms with van der Waals surface area (Å²) in [4.78, 5) is 18.3. The van der Waals surface area contributed by atoms with Gasteiger partial charge in [0.1, 0.15) is 11.6 Å². The molecular weight excluding hydrogens is 373 g/mol. The molecule has 3 aromatic rings. The quantitative estimate of drug-likeness (QED) is 0.548. The number of ether oxygens (including phenoxy) is 1. The first-order chi connectivity index (χ1) is 14.2. The number of hydrogen-bond donors (Lipinski definition) is 0. The lowest BCUT2D eigenvalue weighted by Crippen LogP contribution is -2.25. The number of hydrogen-bond acceptors (Lipinski definition) is 5. The minimum Gasteiger partial charge on any atom is -0.494 e. The zero-order valence-corrected chi connectivity index (χ0v) is 16.2. The van der Waals surface area contributed by atoms with E-state index in [0.717, 1.165) is 24.2 Å². The Morgan fingerprint density at radius 3 is 2.76 bits per heavy atom. The third kappa shape index (κ3) is 4.13. The van der Waals surface area contributed by atoms with Crippen LogP contribution in [0.15, 0.2) is 53.1 Å². The molecular formula is C22H22FN3O3. The third-order valence-corrected chi connectivity index (χ3v) is 4.94. The van der Waals surface area contributed by atoms with Crippen LogP contribution < -0.4 is 9.64 Å². The van der Waals surface area contributed by atoms with Gasteiger partial charge in [0.25, 0.3) is 0 Å². The van der Waals surface area contributed by atoms with Crippen LogP contribution in [0.5, 0.6) is 5.75 Å². The smallest absolute Gasteiger partial charge is 0.232 e. The molecule has 1 fully saturated rings. The van der Waals surface area contributed by atoms with Crippen molar-refractivity contribution in [1.29, 1.82) is 0 Å². The normalized spacial score (nSPS) is 16.4. The van der Waals surface area contributed by atoms with Gasteiger partial charge in [0.05, 0.1) is 18.2 Å². The van der Waals surface area contributed by atoms with E-state index >= 15 is 0 Å². The summed E-state index contributed by atoms with van der Waals surface area (Å²) in [6.45, 7) is 3.12. The van der Waals surface area contributed by atoms with Crippen LogP contribution in [-0.4, -0.2) is 29.2 Å². The monoisotopic (exact) mass is 395 g/mol. The Bertz CT molecular complexity index is 987. The fourth-order valence-corrected chi connectivity index (χ4v) is 3.33. The van der Waals surface area contributed by atoms with Crippen LogP contribution in [0.25, 0.3) is 11.4 Å². The Morgan fingerprint density at radius 2 is 2.00 bits per heavy atom. The van der Waals surface area contributed by atoms with Crippen molar-refractivity contribution in [3.8, 4) is 17.1 Å². The highest BCUT2D eigenvalue weighted by Crippen LogP contribution is 2.33. The van der Waals surface area contributed by atoms with Gasteiger partial charge in [-0.25, -0.2) is 4.39 Å². The van der Waals surface area contributed by atoms with Crippen molar-refractivity contribution in [1.82, 2.24) is 10.1 Å². The minimum absolute atomic E-state index is 0.159. The second-order valence-corrected chi connectivity index (χ2v) is 7.04. The highest BCUT2D eigenvalue weighted by atomic mass is 19.1. The Morgan fingerprint density at radius 1 is 1.21 bits per heavy atom. The molecule has 1 saturated heterocycles. The van der Waals surface area contributed by atoms with Gasteiger partial charge in [-0.3, -0.25) is 4.79 Å². The molecule has 1 atom stereocenters. The van der Waals surface area contributed by atoms with E-state index in [-0.39, 0.29) is 23.9 Å². The summed E-state index contributed by atoms with van der Waals surface area (Å²) >= 11 is 0. The maximum absolute atomic E-state index is 14.0. The summed E-state index contributed by atoms with van der Waals surface area (Å²) in [5, 5.41) is 4.05. The summed E-state index contributed by atoms with van der Waals surface area (Å²) in [7, 11) is 0. The van der Waals surface area contributed by atoms with Crippen molar-refractivity contribution in [3.05, 3.63) is 60.2 Å². The molecule has 150 valence electrons. The molecule has 6 nitrogen and oxygen atoms in total. The van der Waals surface area contributed by atoms with Crippen LogP contribution in [0, 0.1) is 5.82 Å². The molecule has 0 bridgehead atoms. The Labute approximate surface area is 168 Å². The van der Waals surface area contributed by atoms with Crippen molar-refractivity contribution in [2.45, 2.75) is 32.1 Å². The maximum Gasteiger partial charge on any atom is 0.232 e. The molecule has 0 radical (unpaired) electrons. The standard InChI is InChI=1S/C22H22FN3O3/c1-2-3-12-28-17-10-8-15(9-11-17)21-24-22(29-25-21)16-13-20(27)26(14-16)19-7-5-4-6-18(19)23/h4-11,16H,2-3,12-14H2,1H3. The number of halogens is 1. The summed E-state index contributed by atoms with van der Waals surface area (Å²) in [5.41, 5.74) is 1.08. The molecule has 0 spiro atoms. The van der Waals surface area contributed by atoms with E-state index in [1.54, 1.807) is 18.2 Å². The van der Waals surface area contributed by atoms with E-state index in [9.17, 15) is 9.18 Å². The number of benzene rings is 2. The van der Waals surface area contributed by atoms with Crippen molar-refractivity contribution >= 4 is 11.6 Å². The van der Waals surface area contributed by atoms with Gasteiger partial charge in [0.15, 0.2) is 0 Å². The Hall–Kier alpha value is -3.22. The number of amides is 1. The van der Waals surface area contributed by atoms with E-state index in [4.69, 9.17) is 9.26 Å². The summed E-state index contributed by atoms with van der Waals surface area (Å²) < 4.78 is 25.1. The number of nitrogens with zero attached hydrogens (tertiary/aromatic N) is 3. The summed E-state index contributed by atoms with van der Waals surface area (Å²) in [5.74, 6) is 0.794. The number of carbonyl (C=O) groups is 1. The minimum atomic E-state index is -0.422. The lowest BCUT2D eigenvalue weighted by molar-refractivity contribution is -0.117. The molecule has 1 aliphatic heterocycles. The van der Waals surface area contributed by atoms with Crippen molar-refractivity contribution in [2.75, 3.05) is 18.1 Å². The Balaban J connectivity index is 1.45.